The van der Waals surface area contributed by atoms with Crippen molar-refractivity contribution in [2.75, 3.05) is 58.4 Å². The van der Waals surface area contributed by atoms with Crippen molar-refractivity contribution >= 4 is 28.4 Å². The van der Waals surface area contributed by atoms with Crippen LogP contribution in [-0.4, -0.2) is 79.4 Å². The Hall–Kier alpha value is -5.86. The summed E-state index contributed by atoms with van der Waals surface area (Å²) in [5.74, 6) is -1.83. The molecule has 0 saturated carbocycles. The fourth-order valence-electron chi connectivity index (χ4n) is 6.19. The van der Waals surface area contributed by atoms with E-state index in [0.717, 1.165) is 32.1 Å². The third kappa shape index (κ3) is 7.29. The number of pyridine rings is 2. The molecule has 0 atom stereocenters. The number of morpholine rings is 1. The molecule has 0 unspecified atom stereocenters. The number of carbonyl (C=O) groups is 2. The van der Waals surface area contributed by atoms with Gasteiger partial charge in [-0.05, 0) is 55.0 Å². The molecular weight excluding hydrogens is 676 g/mol. The van der Waals surface area contributed by atoms with E-state index < -0.39 is 23.1 Å². The Morgan fingerprint density at radius 2 is 1.75 bits per heavy atom. The SMILES string of the molecule is CNC(=O)c1cc2c(Oc3ccc(NC(=O)c4c5c(cn(-c6ccc(F)cc6)c4=O)CCO5)cc3F)ccnc2cc1OCCCN1CCOCC1. The highest BCUT2D eigenvalue weighted by atomic mass is 19.1. The summed E-state index contributed by atoms with van der Waals surface area (Å²) in [4.78, 5) is 46.6. The van der Waals surface area contributed by atoms with Crippen LogP contribution in [0.4, 0.5) is 14.5 Å². The molecule has 268 valence electrons. The van der Waals surface area contributed by atoms with Crippen LogP contribution in [0.5, 0.6) is 23.0 Å². The highest BCUT2D eigenvalue weighted by Crippen LogP contribution is 2.35. The largest absolute Gasteiger partial charge is 0.493 e. The number of nitrogens with one attached hydrogen (secondary N) is 2. The summed E-state index contributed by atoms with van der Waals surface area (Å²) in [6.45, 7) is 4.68. The topological polar surface area (TPSA) is 133 Å². The number of halogens is 2. The standard InChI is InChI=1S/C38H35F2N5O7/c1-41-36(46)28-20-27-30(21-33(28)50-15-2-12-44-13-17-49-18-14-44)42-11-9-31(27)52-32-8-5-25(19-29(32)40)43-37(47)34-35-23(10-16-51-35)22-45(38(34)48)26-6-3-24(39)4-7-26/h3-9,11,19-22H,2,10,12-18H2,1H3,(H,41,46)(H,43,47). The average Bonchev–Trinajstić information content (AvgIpc) is 3.62. The van der Waals surface area contributed by atoms with Gasteiger partial charge in [-0.3, -0.25) is 28.8 Å². The third-order valence-electron chi connectivity index (χ3n) is 8.85. The second kappa shape index (κ2) is 15.2. The van der Waals surface area contributed by atoms with Crippen molar-refractivity contribution in [3.63, 3.8) is 0 Å². The molecule has 0 bridgehead atoms. The summed E-state index contributed by atoms with van der Waals surface area (Å²) in [5.41, 5.74) is 0.889. The molecule has 0 radical (unpaired) electrons. The monoisotopic (exact) mass is 711 g/mol. The summed E-state index contributed by atoms with van der Waals surface area (Å²) in [6, 6.07) is 13.9. The summed E-state index contributed by atoms with van der Waals surface area (Å²) < 4.78 is 53.4. The Labute approximate surface area is 296 Å². The number of rotatable bonds is 11. The van der Waals surface area contributed by atoms with Crippen molar-refractivity contribution in [2.45, 2.75) is 12.8 Å². The van der Waals surface area contributed by atoms with E-state index in [1.165, 1.54) is 54.2 Å². The van der Waals surface area contributed by atoms with Crippen LogP contribution in [0.2, 0.25) is 0 Å². The van der Waals surface area contributed by atoms with E-state index in [1.807, 2.05) is 0 Å². The van der Waals surface area contributed by atoms with Gasteiger partial charge in [-0.25, -0.2) is 8.78 Å². The number of carbonyl (C=O) groups excluding carboxylic acids is 2. The molecule has 2 aromatic heterocycles. The van der Waals surface area contributed by atoms with Crippen molar-refractivity contribution in [3.8, 4) is 28.7 Å². The second-order valence-corrected chi connectivity index (χ2v) is 12.2. The van der Waals surface area contributed by atoms with E-state index in [0.29, 0.717) is 54.1 Å². The molecule has 2 aliphatic heterocycles. The van der Waals surface area contributed by atoms with Gasteiger partial charge in [0.2, 0.25) is 0 Å². The first kappa shape index (κ1) is 34.6. The molecule has 1 saturated heterocycles. The quantitative estimate of drug-likeness (QED) is 0.180. The van der Waals surface area contributed by atoms with Crippen molar-refractivity contribution < 1.29 is 37.3 Å². The fraction of sp³-hybridized carbons (Fsp3) is 0.263. The molecule has 52 heavy (non-hydrogen) atoms. The van der Waals surface area contributed by atoms with Crippen LogP contribution in [0.25, 0.3) is 16.6 Å². The van der Waals surface area contributed by atoms with Crippen molar-refractivity contribution in [1.82, 2.24) is 19.8 Å². The van der Waals surface area contributed by atoms with Crippen LogP contribution in [0.3, 0.4) is 0 Å². The number of anilines is 1. The lowest BCUT2D eigenvalue weighted by atomic mass is 10.1. The lowest BCUT2D eigenvalue weighted by molar-refractivity contribution is 0.0357. The summed E-state index contributed by atoms with van der Waals surface area (Å²) in [6.07, 6.45) is 4.30. The smallest absolute Gasteiger partial charge is 0.271 e. The van der Waals surface area contributed by atoms with Gasteiger partial charge in [-0.15, -0.1) is 0 Å². The molecule has 2 amide bonds. The highest BCUT2D eigenvalue weighted by Gasteiger charge is 2.27. The lowest BCUT2D eigenvalue weighted by Crippen LogP contribution is -2.37. The molecule has 0 spiro atoms. The summed E-state index contributed by atoms with van der Waals surface area (Å²) in [5, 5.41) is 5.67. The number of aromatic nitrogens is 2. The third-order valence-corrected chi connectivity index (χ3v) is 8.85. The first-order chi connectivity index (χ1) is 25.3. The average molecular weight is 712 g/mol. The van der Waals surface area contributed by atoms with Crippen LogP contribution in [0.15, 0.2) is 77.9 Å². The highest BCUT2D eigenvalue weighted by molar-refractivity contribution is 6.06. The number of hydrogen-bond acceptors (Lipinski definition) is 9. The van der Waals surface area contributed by atoms with Gasteiger partial charge in [-0.2, -0.15) is 0 Å². The number of amides is 2. The number of nitrogens with zero attached hydrogens (tertiary/aromatic N) is 3. The first-order valence-corrected chi connectivity index (χ1v) is 16.8. The van der Waals surface area contributed by atoms with E-state index in [2.05, 4.69) is 20.5 Å². The fourth-order valence-corrected chi connectivity index (χ4v) is 6.19. The molecule has 3 aromatic carbocycles. The minimum Gasteiger partial charge on any atom is -0.493 e. The van der Waals surface area contributed by atoms with Crippen LogP contribution < -0.4 is 30.4 Å². The molecular formula is C38H35F2N5O7. The Morgan fingerprint density at radius 3 is 2.52 bits per heavy atom. The van der Waals surface area contributed by atoms with Gasteiger partial charge in [0.1, 0.15) is 28.6 Å². The Kier molecular flexibility index (Phi) is 10.1. The molecule has 2 N–H and O–H groups in total. The van der Waals surface area contributed by atoms with Gasteiger partial charge in [0, 0.05) is 80.0 Å². The summed E-state index contributed by atoms with van der Waals surface area (Å²) >= 11 is 0. The van der Waals surface area contributed by atoms with Crippen LogP contribution in [0.1, 0.15) is 32.7 Å². The van der Waals surface area contributed by atoms with Gasteiger partial charge >= 0.3 is 0 Å². The summed E-state index contributed by atoms with van der Waals surface area (Å²) in [7, 11) is 1.52. The van der Waals surface area contributed by atoms with E-state index in [4.69, 9.17) is 18.9 Å². The van der Waals surface area contributed by atoms with Crippen LogP contribution in [0, 0.1) is 11.6 Å². The molecule has 0 aliphatic carbocycles. The minimum absolute atomic E-state index is 0.0649. The van der Waals surface area contributed by atoms with Crippen molar-refractivity contribution in [1.29, 1.82) is 0 Å². The lowest BCUT2D eigenvalue weighted by Gasteiger charge is -2.26. The Morgan fingerprint density at radius 1 is 0.942 bits per heavy atom. The van der Waals surface area contributed by atoms with Gasteiger partial charge in [-0.1, -0.05) is 0 Å². The normalized spacial score (nSPS) is 14.1. The predicted octanol–water partition coefficient (Wildman–Crippen LogP) is 5.10. The van der Waals surface area contributed by atoms with E-state index in [-0.39, 0.29) is 46.6 Å². The molecule has 7 rings (SSSR count). The van der Waals surface area contributed by atoms with Crippen molar-refractivity contribution in [2.24, 2.45) is 0 Å². The maximum atomic E-state index is 15.5. The predicted molar refractivity (Wildman–Crippen MR) is 188 cm³/mol. The van der Waals surface area contributed by atoms with E-state index in [1.54, 1.807) is 24.4 Å². The molecule has 1 fully saturated rings. The number of hydrogen-bond donors (Lipinski definition) is 2. The van der Waals surface area contributed by atoms with Gasteiger partial charge in [0.25, 0.3) is 17.4 Å². The Balaban J connectivity index is 1.10. The van der Waals surface area contributed by atoms with Crippen LogP contribution >= 0.6 is 0 Å². The zero-order chi connectivity index (χ0) is 36.2. The van der Waals surface area contributed by atoms with E-state index in [9.17, 15) is 18.8 Å². The van der Waals surface area contributed by atoms with Crippen molar-refractivity contribution in [3.05, 3.63) is 112 Å². The maximum Gasteiger partial charge on any atom is 0.271 e. The zero-order valence-electron chi connectivity index (χ0n) is 28.2. The maximum absolute atomic E-state index is 15.5. The number of ether oxygens (including phenoxy) is 4. The molecule has 2 aliphatic rings. The Bertz CT molecular complexity index is 2200. The van der Waals surface area contributed by atoms with Gasteiger partial charge in [0.05, 0.1) is 37.5 Å². The zero-order valence-corrected chi connectivity index (χ0v) is 28.2. The molecule has 14 heteroatoms. The van der Waals surface area contributed by atoms with Crippen LogP contribution in [-0.2, 0) is 11.2 Å². The molecule has 12 nitrogen and oxygen atoms in total. The van der Waals surface area contributed by atoms with E-state index >= 15 is 4.39 Å². The second-order valence-electron chi connectivity index (χ2n) is 12.2. The molecule has 4 heterocycles. The molecule has 5 aromatic rings. The van der Waals surface area contributed by atoms with Gasteiger partial charge < -0.3 is 29.6 Å². The first-order valence-electron chi connectivity index (χ1n) is 16.8. The minimum atomic E-state index is -0.798. The number of fused-ring (bicyclic) bond motifs is 2. The van der Waals surface area contributed by atoms with Gasteiger partial charge in [0.15, 0.2) is 11.6 Å². The number of benzene rings is 3.